The molecule has 5 heteroatoms. The van der Waals surface area contributed by atoms with Crippen LogP contribution in [0, 0.1) is 25.5 Å². The Labute approximate surface area is 134 Å². The van der Waals surface area contributed by atoms with Gasteiger partial charge in [-0.15, -0.1) is 0 Å². The molecule has 0 heterocycles. The second-order valence-corrected chi connectivity index (χ2v) is 5.57. The average molecular weight is 319 g/mol. The quantitative estimate of drug-likeness (QED) is 0.876. The van der Waals surface area contributed by atoms with Gasteiger partial charge in [0.25, 0.3) is 0 Å². The van der Waals surface area contributed by atoms with Gasteiger partial charge in [0.05, 0.1) is 6.42 Å². The van der Waals surface area contributed by atoms with E-state index in [0.717, 1.165) is 22.8 Å². The molecule has 2 rings (SSSR count). The van der Waals surface area contributed by atoms with Crippen molar-refractivity contribution >= 4 is 5.97 Å². The first-order valence-electron chi connectivity index (χ1n) is 7.29. The van der Waals surface area contributed by atoms with E-state index in [1.165, 1.54) is 13.1 Å². The van der Waals surface area contributed by atoms with Gasteiger partial charge >= 0.3 is 5.97 Å². The van der Waals surface area contributed by atoms with E-state index in [1.54, 1.807) is 0 Å². The molecular formula is C18H19F2NO2. The van der Waals surface area contributed by atoms with E-state index in [1.807, 2.05) is 32.0 Å². The molecule has 0 aliphatic rings. The lowest BCUT2D eigenvalue weighted by atomic mass is 9.92. The van der Waals surface area contributed by atoms with Crippen LogP contribution in [-0.4, -0.2) is 18.1 Å². The second-order valence-electron chi connectivity index (χ2n) is 5.57. The van der Waals surface area contributed by atoms with E-state index in [0.29, 0.717) is 5.56 Å². The highest BCUT2D eigenvalue weighted by Crippen LogP contribution is 2.32. The van der Waals surface area contributed by atoms with Crippen LogP contribution in [0.2, 0.25) is 0 Å². The third-order valence-corrected chi connectivity index (χ3v) is 3.93. The molecule has 0 fully saturated rings. The lowest BCUT2D eigenvalue weighted by Gasteiger charge is -2.18. The Hall–Kier alpha value is -2.27. The molecule has 0 saturated heterocycles. The van der Waals surface area contributed by atoms with Gasteiger partial charge in [-0.25, -0.2) is 8.78 Å². The third kappa shape index (κ3) is 3.56. The fraction of sp³-hybridized carbons (Fsp3) is 0.278. The number of carbonyl (C=O) groups is 1. The Morgan fingerprint density at radius 1 is 1.22 bits per heavy atom. The second kappa shape index (κ2) is 6.87. The van der Waals surface area contributed by atoms with E-state index in [-0.39, 0.29) is 12.0 Å². The molecule has 0 aliphatic carbocycles. The summed E-state index contributed by atoms with van der Waals surface area (Å²) in [6.07, 6.45) is -0.330. The van der Waals surface area contributed by atoms with Crippen LogP contribution in [0.1, 0.15) is 29.2 Å². The minimum absolute atomic E-state index is 0.0209. The number of carboxylic acids is 1. The van der Waals surface area contributed by atoms with E-state index in [2.05, 4.69) is 5.32 Å². The van der Waals surface area contributed by atoms with Crippen LogP contribution >= 0.6 is 0 Å². The predicted molar refractivity (Wildman–Crippen MR) is 85.3 cm³/mol. The van der Waals surface area contributed by atoms with Gasteiger partial charge in [-0.1, -0.05) is 18.2 Å². The third-order valence-electron chi connectivity index (χ3n) is 3.93. The zero-order valence-corrected chi connectivity index (χ0v) is 13.3. The first-order chi connectivity index (χ1) is 10.8. The maximum absolute atomic E-state index is 14.2. The molecule has 0 spiro atoms. The minimum atomic E-state index is -1.08. The van der Waals surface area contributed by atoms with Crippen LogP contribution < -0.4 is 5.32 Å². The van der Waals surface area contributed by atoms with Gasteiger partial charge < -0.3 is 10.4 Å². The van der Waals surface area contributed by atoms with Crippen molar-refractivity contribution in [2.75, 3.05) is 7.05 Å². The van der Waals surface area contributed by atoms with Crippen molar-refractivity contribution in [2.45, 2.75) is 26.3 Å². The van der Waals surface area contributed by atoms with Gasteiger partial charge in [-0.3, -0.25) is 4.79 Å². The largest absolute Gasteiger partial charge is 0.481 e. The SMILES string of the molecule is CN[C@@H](CC(=O)O)c1cc(-c2c(C)cccc2C)cc(F)c1F. The molecule has 23 heavy (non-hydrogen) atoms. The fourth-order valence-electron chi connectivity index (χ4n) is 2.82. The van der Waals surface area contributed by atoms with E-state index in [9.17, 15) is 13.6 Å². The van der Waals surface area contributed by atoms with Crippen LogP contribution in [-0.2, 0) is 4.79 Å². The van der Waals surface area contributed by atoms with Crippen molar-refractivity contribution in [3.05, 3.63) is 58.7 Å². The highest BCUT2D eigenvalue weighted by molar-refractivity contribution is 5.72. The van der Waals surface area contributed by atoms with Crippen molar-refractivity contribution in [3.63, 3.8) is 0 Å². The molecule has 0 aliphatic heterocycles. The smallest absolute Gasteiger partial charge is 0.305 e. The average Bonchev–Trinajstić information content (AvgIpc) is 2.48. The molecule has 0 aromatic heterocycles. The lowest BCUT2D eigenvalue weighted by molar-refractivity contribution is -0.137. The number of carboxylic acid groups (broad SMARTS) is 1. The molecule has 2 aromatic rings. The zero-order valence-electron chi connectivity index (χ0n) is 13.3. The normalized spacial score (nSPS) is 12.2. The summed E-state index contributed by atoms with van der Waals surface area (Å²) in [5.41, 5.74) is 3.29. The molecule has 2 aromatic carbocycles. The van der Waals surface area contributed by atoms with Gasteiger partial charge in [0, 0.05) is 11.6 Å². The Morgan fingerprint density at radius 3 is 2.35 bits per heavy atom. The van der Waals surface area contributed by atoms with E-state index >= 15 is 0 Å². The summed E-state index contributed by atoms with van der Waals surface area (Å²) in [5, 5.41) is 11.7. The van der Waals surface area contributed by atoms with Crippen LogP contribution in [0.5, 0.6) is 0 Å². The van der Waals surface area contributed by atoms with Gasteiger partial charge in [0.2, 0.25) is 0 Å². The van der Waals surface area contributed by atoms with Crippen LogP contribution in [0.3, 0.4) is 0 Å². The molecule has 0 amide bonds. The number of rotatable bonds is 5. The number of hydrogen-bond donors (Lipinski definition) is 2. The summed E-state index contributed by atoms with van der Waals surface area (Å²) in [5.74, 6) is -3.08. The minimum Gasteiger partial charge on any atom is -0.481 e. The summed E-state index contributed by atoms with van der Waals surface area (Å²) < 4.78 is 28.3. The molecule has 0 unspecified atom stereocenters. The van der Waals surface area contributed by atoms with Crippen molar-refractivity contribution in [1.29, 1.82) is 0 Å². The Balaban J connectivity index is 2.62. The molecule has 3 nitrogen and oxygen atoms in total. The van der Waals surface area contributed by atoms with Crippen molar-refractivity contribution in [1.82, 2.24) is 5.32 Å². The van der Waals surface area contributed by atoms with Crippen LogP contribution in [0.4, 0.5) is 8.78 Å². The van der Waals surface area contributed by atoms with E-state index in [4.69, 9.17) is 5.11 Å². The number of hydrogen-bond acceptors (Lipinski definition) is 2. The first kappa shape index (κ1) is 17.1. The summed E-state index contributed by atoms with van der Waals surface area (Å²) in [4.78, 5) is 10.9. The molecule has 2 N–H and O–H groups in total. The van der Waals surface area contributed by atoms with Crippen LogP contribution in [0.25, 0.3) is 11.1 Å². The van der Waals surface area contributed by atoms with Gasteiger partial charge in [0.15, 0.2) is 11.6 Å². The highest BCUT2D eigenvalue weighted by Gasteiger charge is 2.22. The molecule has 0 bridgehead atoms. The molecule has 0 saturated carbocycles. The van der Waals surface area contributed by atoms with Crippen molar-refractivity contribution in [2.24, 2.45) is 0 Å². The highest BCUT2D eigenvalue weighted by atomic mass is 19.2. The number of aryl methyl sites for hydroxylation is 2. The fourth-order valence-corrected chi connectivity index (χ4v) is 2.82. The summed E-state index contributed by atoms with van der Waals surface area (Å²) >= 11 is 0. The lowest BCUT2D eigenvalue weighted by Crippen LogP contribution is -2.21. The molecule has 1 atom stereocenters. The monoisotopic (exact) mass is 319 g/mol. The maximum Gasteiger partial charge on any atom is 0.305 e. The van der Waals surface area contributed by atoms with Crippen molar-refractivity contribution in [3.8, 4) is 11.1 Å². The zero-order chi connectivity index (χ0) is 17.1. The topological polar surface area (TPSA) is 49.3 Å². The number of aliphatic carboxylic acids is 1. The number of benzene rings is 2. The van der Waals surface area contributed by atoms with Gasteiger partial charge in [-0.05, 0) is 55.3 Å². The van der Waals surface area contributed by atoms with E-state index < -0.39 is 23.6 Å². The molecule has 122 valence electrons. The molecule has 0 radical (unpaired) electrons. The maximum atomic E-state index is 14.2. The van der Waals surface area contributed by atoms with Crippen LogP contribution in [0.15, 0.2) is 30.3 Å². The Morgan fingerprint density at radius 2 is 1.83 bits per heavy atom. The van der Waals surface area contributed by atoms with Gasteiger partial charge in [0.1, 0.15) is 0 Å². The molecular weight excluding hydrogens is 300 g/mol. The number of nitrogens with one attached hydrogen (secondary N) is 1. The first-order valence-corrected chi connectivity index (χ1v) is 7.29. The number of halogens is 2. The Kier molecular flexibility index (Phi) is 5.11. The summed E-state index contributed by atoms with van der Waals surface area (Å²) in [6, 6.07) is 7.58. The Bertz CT molecular complexity index is 724. The summed E-state index contributed by atoms with van der Waals surface area (Å²) in [7, 11) is 1.52. The predicted octanol–water partition coefficient (Wildman–Crippen LogP) is 3.98. The van der Waals surface area contributed by atoms with Gasteiger partial charge in [-0.2, -0.15) is 0 Å². The summed E-state index contributed by atoms with van der Waals surface area (Å²) in [6.45, 7) is 3.80. The standard InChI is InChI=1S/C18H19F2NO2/c1-10-5-4-6-11(2)17(10)12-7-13(18(20)14(19)8-12)15(21-3)9-16(22)23/h4-8,15,21H,9H2,1-3H3,(H,22,23)/t15-/m0/s1. The van der Waals surface area contributed by atoms with Crippen molar-refractivity contribution < 1.29 is 18.7 Å².